The van der Waals surface area contributed by atoms with Crippen molar-refractivity contribution in [3.8, 4) is 0 Å². The van der Waals surface area contributed by atoms with E-state index < -0.39 is 0 Å². The lowest BCUT2D eigenvalue weighted by atomic mass is 10.4. The van der Waals surface area contributed by atoms with Crippen LogP contribution in [-0.4, -0.2) is 34.1 Å². The van der Waals surface area contributed by atoms with E-state index in [-0.39, 0.29) is 0 Å². The molecule has 1 aromatic heterocycles. The molecule has 1 aromatic rings. The van der Waals surface area contributed by atoms with Gasteiger partial charge in [-0.3, -0.25) is 0 Å². The maximum absolute atomic E-state index is 4.31. The molecule has 1 heterocycles. The van der Waals surface area contributed by atoms with E-state index in [0.717, 1.165) is 32.6 Å². The first-order valence-corrected chi connectivity index (χ1v) is 5.54. The quantitative estimate of drug-likeness (QED) is 0.690. The van der Waals surface area contributed by atoms with E-state index in [1.54, 1.807) is 0 Å². The Bertz CT molecular complexity index is 251. The van der Waals surface area contributed by atoms with Crippen molar-refractivity contribution in [2.75, 3.05) is 19.6 Å². The number of hydrogen-bond donors (Lipinski definition) is 0. The van der Waals surface area contributed by atoms with Crippen LogP contribution in [0.3, 0.4) is 0 Å². The number of hydrogen-bond acceptors (Lipinski definition) is 2. The van der Waals surface area contributed by atoms with Gasteiger partial charge in [-0.15, -0.1) is 0 Å². The Morgan fingerprint density at radius 1 is 1.29 bits per heavy atom. The van der Waals surface area contributed by atoms with Crippen molar-refractivity contribution in [2.45, 2.75) is 33.7 Å². The van der Waals surface area contributed by atoms with Crippen LogP contribution in [-0.2, 0) is 13.0 Å². The zero-order chi connectivity index (χ0) is 10.4. The highest BCUT2D eigenvalue weighted by molar-refractivity contribution is 4.91. The van der Waals surface area contributed by atoms with Gasteiger partial charge in [0.15, 0.2) is 0 Å². The number of rotatable bonds is 6. The Labute approximate surface area is 86.7 Å². The lowest BCUT2D eigenvalue weighted by Gasteiger charge is -2.18. The summed E-state index contributed by atoms with van der Waals surface area (Å²) in [6, 6.07) is 0. The molecule has 0 saturated heterocycles. The highest BCUT2D eigenvalue weighted by Gasteiger charge is 2.02. The fourth-order valence-electron chi connectivity index (χ4n) is 1.65. The largest absolute Gasteiger partial charge is 0.334 e. The predicted octanol–water partition coefficient (Wildman–Crippen LogP) is 1.79. The SMILES string of the molecule is CCc1nccn1CCN(CC)CC. The molecule has 0 atom stereocenters. The van der Waals surface area contributed by atoms with Crippen LogP contribution in [0.2, 0.25) is 0 Å². The van der Waals surface area contributed by atoms with E-state index in [1.165, 1.54) is 5.82 Å². The van der Waals surface area contributed by atoms with E-state index in [1.807, 2.05) is 6.20 Å². The average Bonchev–Trinajstić information content (AvgIpc) is 2.67. The van der Waals surface area contributed by atoms with Crippen LogP contribution in [0, 0.1) is 0 Å². The minimum atomic E-state index is 1.02. The van der Waals surface area contributed by atoms with Crippen molar-refractivity contribution in [1.82, 2.24) is 14.5 Å². The zero-order valence-corrected chi connectivity index (χ0v) is 9.53. The number of nitrogens with zero attached hydrogens (tertiary/aromatic N) is 3. The van der Waals surface area contributed by atoms with Crippen LogP contribution in [0.25, 0.3) is 0 Å². The van der Waals surface area contributed by atoms with E-state index in [4.69, 9.17) is 0 Å². The molecule has 0 aliphatic heterocycles. The molecule has 1 rings (SSSR count). The molecule has 0 aliphatic rings. The smallest absolute Gasteiger partial charge is 0.108 e. The highest BCUT2D eigenvalue weighted by Crippen LogP contribution is 1.99. The van der Waals surface area contributed by atoms with Crippen molar-refractivity contribution in [3.05, 3.63) is 18.2 Å². The summed E-state index contributed by atoms with van der Waals surface area (Å²) in [7, 11) is 0. The summed E-state index contributed by atoms with van der Waals surface area (Å²) in [6.07, 6.45) is 4.98. The molecule has 0 aromatic carbocycles. The van der Waals surface area contributed by atoms with Crippen LogP contribution in [0.5, 0.6) is 0 Å². The normalized spacial score (nSPS) is 11.1. The topological polar surface area (TPSA) is 21.1 Å². The number of imidazole rings is 1. The van der Waals surface area contributed by atoms with Gasteiger partial charge in [0, 0.05) is 31.9 Å². The number of likely N-dealkylation sites (N-methyl/N-ethyl adjacent to an activating group) is 1. The summed E-state index contributed by atoms with van der Waals surface area (Å²) < 4.78 is 2.25. The summed E-state index contributed by atoms with van der Waals surface area (Å²) in [5.41, 5.74) is 0. The summed E-state index contributed by atoms with van der Waals surface area (Å²) in [4.78, 5) is 6.74. The van der Waals surface area contributed by atoms with Gasteiger partial charge in [-0.2, -0.15) is 0 Å². The molecular weight excluding hydrogens is 174 g/mol. The van der Waals surface area contributed by atoms with Crippen molar-refractivity contribution >= 4 is 0 Å². The van der Waals surface area contributed by atoms with Gasteiger partial charge in [0.1, 0.15) is 5.82 Å². The molecule has 0 amide bonds. The second-order valence-corrected chi connectivity index (χ2v) is 3.42. The average molecular weight is 195 g/mol. The summed E-state index contributed by atoms with van der Waals surface area (Å²) in [5.74, 6) is 1.19. The first-order chi connectivity index (χ1) is 6.81. The Morgan fingerprint density at radius 2 is 2.00 bits per heavy atom. The standard InChI is InChI=1S/C11H21N3/c1-4-11-12-7-8-14(11)10-9-13(5-2)6-3/h7-8H,4-6,9-10H2,1-3H3. The minimum absolute atomic E-state index is 1.02. The summed E-state index contributed by atoms with van der Waals surface area (Å²) in [5, 5.41) is 0. The second-order valence-electron chi connectivity index (χ2n) is 3.42. The molecule has 0 radical (unpaired) electrons. The van der Waals surface area contributed by atoms with E-state index in [9.17, 15) is 0 Å². The van der Waals surface area contributed by atoms with Gasteiger partial charge in [0.2, 0.25) is 0 Å². The Morgan fingerprint density at radius 3 is 2.57 bits per heavy atom. The van der Waals surface area contributed by atoms with Crippen LogP contribution in [0.4, 0.5) is 0 Å². The van der Waals surface area contributed by atoms with Gasteiger partial charge in [-0.1, -0.05) is 20.8 Å². The van der Waals surface area contributed by atoms with Gasteiger partial charge in [0.05, 0.1) is 0 Å². The lowest BCUT2D eigenvalue weighted by molar-refractivity contribution is 0.289. The third-order valence-electron chi connectivity index (χ3n) is 2.67. The molecule has 0 aliphatic carbocycles. The Hall–Kier alpha value is -0.830. The van der Waals surface area contributed by atoms with Crippen molar-refractivity contribution in [2.24, 2.45) is 0 Å². The minimum Gasteiger partial charge on any atom is -0.334 e. The molecule has 0 saturated carbocycles. The number of aryl methyl sites for hydroxylation is 1. The van der Waals surface area contributed by atoms with Crippen molar-refractivity contribution < 1.29 is 0 Å². The van der Waals surface area contributed by atoms with Crippen molar-refractivity contribution in [1.29, 1.82) is 0 Å². The molecule has 0 unspecified atom stereocenters. The predicted molar refractivity (Wildman–Crippen MR) is 59.4 cm³/mol. The maximum atomic E-state index is 4.31. The van der Waals surface area contributed by atoms with Gasteiger partial charge >= 0.3 is 0 Å². The fraction of sp³-hybridized carbons (Fsp3) is 0.727. The molecule has 0 spiro atoms. The van der Waals surface area contributed by atoms with E-state index in [2.05, 4.69) is 41.4 Å². The summed E-state index contributed by atoms with van der Waals surface area (Å²) in [6.45, 7) is 11.0. The van der Waals surface area contributed by atoms with Crippen LogP contribution < -0.4 is 0 Å². The van der Waals surface area contributed by atoms with E-state index >= 15 is 0 Å². The van der Waals surface area contributed by atoms with Crippen LogP contribution in [0.1, 0.15) is 26.6 Å². The number of aromatic nitrogens is 2. The van der Waals surface area contributed by atoms with Gasteiger partial charge in [-0.25, -0.2) is 4.98 Å². The first-order valence-electron chi connectivity index (χ1n) is 5.54. The highest BCUT2D eigenvalue weighted by atomic mass is 15.2. The van der Waals surface area contributed by atoms with E-state index in [0.29, 0.717) is 0 Å². The Balaban J connectivity index is 2.44. The molecule has 0 bridgehead atoms. The molecule has 3 nitrogen and oxygen atoms in total. The second kappa shape index (κ2) is 5.81. The third-order valence-corrected chi connectivity index (χ3v) is 2.67. The molecule has 14 heavy (non-hydrogen) atoms. The monoisotopic (exact) mass is 195 g/mol. The maximum Gasteiger partial charge on any atom is 0.108 e. The Kier molecular flexibility index (Phi) is 4.66. The molecule has 0 N–H and O–H groups in total. The lowest BCUT2D eigenvalue weighted by Crippen LogP contribution is -2.27. The molecule has 3 heteroatoms. The van der Waals surface area contributed by atoms with Gasteiger partial charge in [0.25, 0.3) is 0 Å². The fourth-order valence-corrected chi connectivity index (χ4v) is 1.65. The van der Waals surface area contributed by atoms with Crippen LogP contribution in [0.15, 0.2) is 12.4 Å². The van der Waals surface area contributed by atoms with Crippen molar-refractivity contribution in [3.63, 3.8) is 0 Å². The third kappa shape index (κ3) is 2.84. The van der Waals surface area contributed by atoms with Gasteiger partial charge < -0.3 is 9.47 Å². The first kappa shape index (κ1) is 11.2. The molecular formula is C11H21N3. The zero-order valence-electron chi connectivity index (χ0n) is 9.53. The molecule has 0 fully saturated rings. The summed E-state index contributed by atoms with van der Waals surface area (Å²) >= 11 is 0. The molecule has 80 valence electrons. The van der Waals surface area contributed by atoms with Gasteiger partial charge in [-0.05, 0) is 13.1 Å². The van der Waals surface area contributed by atoms with Crippen LogP contribution >= 0.6 is 0 Å².